The zero-order valence-electron chi connectivity index (χ0n) is 10.6. The van der Waals surface area contributed by atoms with Crippen molar-refractivity contribution in [1.82, 2.24) is 14.9 Å². The van der Waals surface area contributed by atoms with Crippen molar-refractivity contribution in [1.29, 1.82) is 0 Å². The molecule has 0 atom stereocenters. The van der Waals surface area contributed by atoms with Crippen LogP contribution in [0, 0.1) is 6.92 Å². The second-order valence-corrected chi connectivity index (χ2v) is 4.52. The highest BCUT2D eigenvalue weighted by atomic mass is 15.2. The van der Waals surface area contributed by atoms with Crippen molar-refractivity contribution in [3.63, 3.8) is 0 Å². The minimum absolute atomic E-state index is 0.553. The van der Waals surface area contributed by atoms with E-state index < -0.39 is 0 Å². The molecule has 0 aliphatic heterocycles. The SMILES string of the molecule is CCN(CCNc1ncnc(N)c1C)C1CC1. The van der Waals surface area contributed by atoms with Crippen LogP contribution in [-0.4, -0.2) is 40.5 Å². The Kier molecular flexibility index (Phi) is 3.78. The van der Waals surface area contributed by atoms with E-state index >= 15 is 0 Å². The first kappa shape index (κ1) is 12.1. The fraction of sp³-hybridized carbons (Fsp3) is 0.667. The van der Waals surface area contributed by atoms with Gasteiger partial charge in [-0.2, -0.15) is 0 Å². The molecule has 0 unspecified atom stereocenters. The maximum Gasteiger partial charge on any atom is 0.134 e. The normalized spacial score (nSPS) is 15.2. The van der Waals surface area contributed by atoms with Crippen LogP contribution in [0.5, 0.6) is 0 Å². The molecule has 0 bridgehead atoms. The smallest absolute Gasteiger partial charge is 0.134 e. The lowest BCUT2D eigenvalue weighted by Crippen LogP contribution is -2.31. The summed E-state index contributed by atoms with van der Waals surface area (Å²) in [5.41, 5.74) is 6.67. The molecule has 5 heteroatoms. The van der Waals surface area contributed by atoms with Gasteiger partial charge in [-0.25, -0.2) is 9.97 Å². The predicted octanol–water partition coefficient (Wildman–Crippen LogP) is 1.26. The van der Waals surface area contributed by atoms with Crippen LogP contribution >= 0.6 is 0 Å². The van der Waals surface area contributed by atoms with Crippen LogP contribution in [0.25, 0.3) is 0 Å². The van der Waals surface area contributed by atoms with Gasteiger partial charge >= 0.3 is 0 Å². The Bertz CT molecular complexity index is 375. The fourth-order valence-corrected chi connectivity index (χ4v) is 2.00. The van der Waals surface area contributed by atoms with Gasteiger partial charge in [-0.1, -0.05) is 6.92 Å². The number of rotatable bonds is 6. The molecule has 1 heterocycles. The molecule has 0 aromatic carbocycles. The van der Waals surface area contributed by atoms with E-state index in [1.165, 1.54) is 19.2 Å². The molecule has 1 aliphatic carbocycles. The Morgan fingerprint density at radius 1 is 1.47 bits per heavy atom. The standard InChI is InChI=1S/C12H21N5/c1-3-17(10-4-5-10)7-6-14-12-9(2)11(13)15-8-16-12/h8,10H,3-7H2,1-2H3,(H3,13,14,15,16). The third-order valence-corrected chi connectivity index (χ3v) is 3.28. The summed E-state index contributed by atoms with van der Waals surface area (Å²) in [5.74, 6) is 1.40. The van der Waals surface area contributed by atoms with Crippen molar-refractivity contribution >= 4 is 11.6 Å². The summed E-state index contributed by atoms with van der Waals surface area (Å²) >= 11 is 0. The van der Waals surface area contributed by atoms with Gasteiger partial charge in [-0.3, -0.25) is 4.90 Å². The summed E-state index contributed by atoms with van der Waals surface area (Å²) in [6.07, 6.45) is 4.21. The lowest BCUT2D eigenvalue weighted by molar-refractivity contribution is 0.289. The van der Waals surface area contributed by atoms with Crippen LogP contribution in [0.1, 0.15) is 25.3 Å². The topological polar surface area (TPSA) is 67.1 Å². The van der Waals surface area contributed by atoms with Gasteiger partial charge in [0.25, 0.3) is 0 Å². The highest BCUT2D eigenvalue weighted by Crippen LogP contribution is 2.26. The molecule has 0 spiro atoms. The molecule has 1 saturated carbocycles. The molecule has 3 N–H and O–H groups in total. The third kappa shape index (κ3) is 3.06. The van der Waals surface area contributed by atoms with E-state index in [-0.39, 0.29) is 0 Å². The first-order chi connectivity index (χ1) is 8.22. The second kappa shape index (κ2) is 5.31. The number of nitrogens with two attached hydrogens (primary N) is 1. The lowest BCUT2D eigenvalue weighted by Gasteiger charge is -2.20. The van der Waals surface area contributed by atoms with Gasteiger partial charge < -0.3 is 11.1 Å². The molecule has 2 rings (SSSR count). The highest BCUT2D eigenvalue weighted by Gasteiger charge is 2.27. The molecule has 1 aromatic rings. The van der Waals surface area contributed by atoms with Crippen molar-refractivity contribution in [2.45, 2.75) is 32.7 Å². The van der Waals surface area contributed by atoms with E-state index in [4.69, 9.17) is 5.73 Å². The van der Waals surface area contributed by atoms with E-state index in [0.717, 1.165) is 37.1 Å². The number of aromatic nitrogens is 2. The van der Waals surface area contributed by atoms with Gasteiger partial charge in [0, 0.05) is 24.7 Å². The number of likely N-dealkylation sites (N-methyl/N-ethyl adjacent to an activating group) is 1. The quantitative estimate of drug-likeness (QED) is 0.777. The Morgan fingerprint density at radius 2 is 2.24 bits per heavy atom. The Morgan fingerprint density at radius 3 is 2.88 bits per heavy atom. The number of hydrogen-bond donors (Lipinski definition) is 2. The van der Waals surface area contributed by atoms with Crippen LogP contribution in [0.3, 0.4) is 0 Å². The van der Waals surface area contributed by atoms with Crippen LogP contribution in [0.2, 0.25) is 0 Å². The molecular formula is C12H21N5. The van der Waals surface area contributed by atoms with E-state index in [1.807, 2.05) is 6.92 Å². The number of anilines is 2. The molecule has 5 nitrogen and oxygen atoms in total. The van der Waals surface area contributed by atoms with Gasteiger partial charge in [0.05, 0.1) is 0 Å². The Hall–Kier alpha value is -1.36. The number of nitrogen functional groups attached to an aromatic ring is 1. The monoisotopic (exact) mass is 235 g/mol. The van der Waals surface area contributed by atoms with Gasteiger partial charge in [0.15, 0.2) is 0 Å². The summed E-state index contributed by atoms with van der Waals surface area (Å²) < 4.78 is 0. The zero-order chi connectivity index (χ0) is 12.3. The molecule has 17 heavy (non-hydrogen) atoms. The van der Waals surface area contributed by atoms with Crippen LogP contribution < -0.4 is 11.1 Å². The first-order valence-corrected chi connectivity index (χ1v) is 6.27. The fourth-order valence-electron chi connectivity index (χ4n) is 2.00. The number of hydrogen-bond acceptors (Lipinski definition) is 5. The Balaban J connectivity index is 1.83. The molecular weight excluding hydrogens is 214 g/mol. The minimum atomic E-state index is 0.553. The van der Waals surface area contributed by atoms with E-state index in [9.17, 15) is 0 Å². The molecule has 1 aliphatic rings. The molecule has 94 valence electrons. The lowest BCUT2D eigenvalue weighted by atomic mass is 10.3. The summed E-state index contributed by atoms with van der Waals surface area (Å²) in [6.45, 7) is 7.24. The average molecular weight is 235 g/mol. The second-order valence-electron chi connectivity index (χ2n) is 4.52. The van der Waals surface area contributed by atoms with Crippen LogP contribution in [0.15, 0.2) is 6.33 Å². The molecule has 0 saturated heterocycles. The van der Waals surface area contributed by atoms with E-state index in [2.05, 4.69) is 27.1 Å². The van der Waals surface area contributed by atoms with Crippen molar-refractivity contribution in [3.05, 3.63) is 11.9 Å². The summed E-state index contributed by atoms with van der Waals surface area (Å²) in [6, 6.07) is 0.818. The minimum Gasteiger partial charge on any atom is -0.383 e. The van der Waals surface area contributed by atoms with Gasteiger partial charge in [0.1, 0.15) is 18.0 Å². The molecule has 0 radical (unpaired) electrons. The molecule has 1 aromatic heterocycles. The maximum absolute atomic E-state index is 5.74. The zero-order valence-corrected chi connectivity index (χ0v) is 10.6. The first-order valence-electron chi connectivity index (χ1n) is 6.27. The molecule has 1 fully saturated rings. The molecule has 0 amide bonds. The third-order valence-electron chi connectivity index (χ3n) is 3.28. The van der Waals surface area contributed by atoms with E-state index in [1.54, 1.807) is 0 Å². The maximum atomic E-state index is 5.74. The van der Waals surface area contributed by atoms with Gasteiger partial charge in [-0.05, 0) is 26.3 Å². The number of nitrogens with one attached hydrogen (secondary N) is 1. The Labute approximate surface area is 102 Å². The van der Waals surface area contributed by atoms with Crippen molar-refractivity contribution in [2.24, 2.45) is 0 Å². The number of nitrogens with zero attached hydrogens (tertiary/aromatic N) is 3. The van der Waals surface area contributed by atoms with Gasteiger partial charge in [0.2, 0.25) is 0 Å². The summed E-state index contributed by atoms with van der Waals surface area (Å²) in [7, 11) is 0. The van der Waals surface area contributed by atoms with E-state index in [0.29, 0.717) is 5.82 Å². The average Bonchev–Trinajstić information content (AvgIpc) is 3.14. The van der Waals surface area contributed by atoms with Crippen LogP contribution in [-0.2, 0) is 0 Å². The predicted molar refractivity (Wildman–Crippen MR) is 69.9 cm³/mol. The largest absolute Gasteiger partial charge is 0.383 e. The highest BCUT2D eigenvalue weighted by molar-refractivity contribution is 5.53. The van der Waals surface area contributed by atoms with Crippen LogP contribution in [0.4, 0.5) is 11.6 Å². The van der Waals surface area contributed by atoms with Crippen molar-refractivity contribution in [2.75, 3.05) is 30.7 Å². The van der Waals surface area contributed by atoms with Crippen molar-refractivity contribution in [3.8, 4) is 0 Å². The van der Waals surface area contributed by atoms with Crippen molar-refractivity contribution < 1.29 is 0 Å². The van der Waals surface area contributed by atoms with Gasteiger partial charge in [-0.15, -0.1) is 0 Å². The summed E-state index contributed by atoms with van der Waals surface area (Å²) in [4.78, 5) is 10.7. The summed E-state index contributed by atoms with van der Waals surface area (Å²) in [5, 5.41) is 3.33.